The summed E-state index contributed by atoms with van der Waals surface area (Å²) in [7, 11) is 1.33. The minimum atomic E-state index is -0.334. The lowest BCUT2D eigenvalue weighted by atomic mass is 9.69. The Labute approximate surface area is 140 Å². The van der Waals surface area contributed by atoms with Gasteiger partial charge in [0.2, 0.25) is 0 Å². The molecule has 0 aromatic rings. The van der Waals surface area contributed by atoms with E-state index in [2.05, 4.69) is 34.6 Å². The highest BCUT2D eigenvalue weighted by Crippen LogP contribution is 2.41. The van der Waals surface area contributed by atoms with Crippen LogP contribution in [0.15, 0.2) is 0 Å². The first kappa shape index (κ1) is 20.2. The van der Waals surface area contributed by atoms with E-state index in [-0.39, 0.29) is 37.0 Å². The van der Waals surface area contributed by atoms with Crippen LogP contribution in [-0.4, -0.2) is 55.8 Å². The lowest BCUT2D eigenvalue weighted by Crippen LogP contribution is -2.41. The number of methoxy groups -OCH3 is 1. The fourth-order valence-corrected chi connectivity index (χ4v) is 2.46. The number of hydrogen-bond acceptors (Lipinski definition) is 5. The SMILES string of the molecule is CCN(Cl)CCC(OCOC)C(C)B1OC(C)(C)C(C)(C)O1. The molecule has 0 amide bonds. The van der Waals surface area contributed by atoms with Crippen LogP contribution in [0.4, 0.5) is 0 Å². The van der Waals surface area contributed by atoms with Crippen molar-refractivity contribution in [3.63, 3.8) is 0 Å². The molecule has 5 nitrogen and oxygen atoms in total. The van der Waals surface area contributed by atoms with Crippen LogP contribution in [0.2, 0.25) is 5.82 Å². The van der Waals surface area contributed by atoms with Gasteiger partial charge >= 0.3 is 7.12 Å². The zero-order chi connectivity index (χ0) is 17.0. The third-order valence-electron chi connectivity index (χ3n) is 4.69. The molecule has 0 radical (unpaired) electrons. The first-order valence-electron chi connectivity index (χ1n) is 8.01. The van der Waals surface area contributed by atoms with Crippen molar-refractivity contribution in [3.05, 3.63) is 0 Å². The van der Waals surface area contributed by atoms with Gasteiger partial charge in [-0.1, -0.05) is 13.8 Å². The van der Waals surface area contributed by atoms with Crippen LogP contribution in [0, 0.1) is 0 Å². The van der Waals surface area contributed by atoms with E-state index in [0.29, 0.717) is 0 Å². The Bertz CT molecular complexity index is 328. The third kappa shape index (κ3) is 5.08. The molecule has 22 heavy (non-hydrogen) atoms. The van der Waals surface area contributed by atoms with Crippen LogP contribution in [0.5, 0.6) is 0 Å². The summed E-state index contributed by atoms with van der Waals surface area (Å²) >= 11 is 6.08. The maximum Gasteiger partial charge on any atom is 0.463 e. The van der Waals surface area contributed by atoms with E-state index < -0.39 is 0 Å². The van der Waals surface area contributed by atoms with E-state index in [9.17, 15) is 0 Å². The molecule has 1 aliphatic rings. The standard InChI is InChI=1S/C15H31BClNO4/c1-8-18(17)10-9-13(20-11-19-7)12(2)16-21-14(3,4)15(5,6)22-16/h12-13H,8-11H2,1-7H3. The van der Waals surface area contributed by atoms with Gasteiger partial charge in [0, 0.05) is 26.0 Å². The van der Waals surface area contributed by atoms with Crippen molar-refractivity contribution in [2.45, 2.75) is 71.1 Å². The highest BCUT2D eigenvalue weighted by Gasteiger charge is 2.54. The average Bonchev–Trinajstić information content (AvgIpc) is 2.66. The van der Waals surface area contributed by atoms with Gasteiger partial charge in [-0.3, -0.25) is 0 Å². The second-order valence-electron chi connectivity index (χ2n) is 6.89. The monoisotopic (exact) mass is 335 g/mol. The summed E-state index contributed by atoms with van der Waals surface area (Å²) in [5.74, 6) is 0.0816. The average molecular weight is 336 g/mol. The molecule has 0 saturated carbocycles. The summed E-state index contributed by atoms with van der Waals surface area (Å²) in [4.78, 5) is 0. The number of halogens is 1. The van der Waals surface area contributed by atoms with Gasteiger partial charge in [-0.25, -0.2) is 4.42 Å². The van der Waals surface area contributed by atoms with Crippen molar-refractivity contribution >= 4 is 18.9 Å². The third-order valence-corrected chi connectivity index (χ3v) is 5.09. The molecular weight excluding hydrogens is 304 g/mol. The molecule has 1 heterocycles. The summed E-state index contributed by atoms with van der Waals surface area (Å²) in [5.41, 5.74) is -0.667. The summed E-state index contributed by atoms with van der Waals surface area (Å²) in [6.45, 7) is 14.1. The second-order valence-corrected chi connectivity index (χ2v) is 7.36. The summed E-state index contributed by atoms with van der Waals surface area (Å²) in [6, 6.07) is 0. The highest BCUT2D eigenvalue weighted by molar-refractivity contribution is 6.47. The Morgan fingerprint density at radius 2 is 1.73 bits per heavy atom. The van der Waals surface area contributed by atoms with Gasteiger partial charge < -0.3 is 18.8 Å². The van der Waals surface area contributed by atoms with Gasteiger partial charge in [0.05, 0.1) is 17.3 Å². The molecule has 2 atom stereocenters. The van der Waals surface area contributed by atoms with Crippen LogP contribution < -0.4 is 0 Å². The zero-order valence-electron chi connectivity index (χ0n) is 15.0. The number of ether oxygens (including phenoxy) is 2. The minimum absolute atomic E-state index is 0.0394. The Morgan fingerprint density at radius 1 is 1.18 bits per heavy atom. The molecule has 1 saturated heterocycles. The topological polar surface area (TPSA) is 40.2 Å². The van der Waals surface area contributed by atoms with E-state index in [4.69, 9.17) is 30.6 Å². The molecule has 1 fully saturated rings. The minimum Gasteiger partial charge on any atom is -0.403 e. The van der Waals surface area contributed by atoms with Crippen LogP contribution >= 0.6 is 11.8 Å². The quantitative estimate of drug-likeness (QED) is 0.367. The fraction of sp³-hybridized carbons (Fsp3) is 1.00. The molecule has 1 aliphatic heterocycles. The molecule has 2 unspecified atom stereocenters. The molecule has 0 spiro atoms. The molecule has 0 aromatic carbocycles. The predicted octanol–water partition coefficient (Wildman–Crippen LogP) is 3.32. The first-order chi connectivity index (χ1) is 10.1. The first-order valence-corrected chi connectivity index (χ1v) is 8.35. The molecular formula is C15H31BClNO4. The Hall–Kier alpha value is 0.155. The number of nitrogens with zero attached hydrogens (tertiary/aromatic N) is 1. The van der Waals surface area contributed by atoms with Crippen molar-refractivity contribution < 1.29 is 18.8 Å². The maximum absolute atomic E-state index is 6.13. The molecule has 7 heteroatoms. The van der Waals surface area contributed by atoms with Crippen molar-refractivity contribution in [1.29, 1.82) is 0 Å². The summed E-state index contributed by atoms with van der Waals surface area (Å²) in [5, 5.41) is 0. The van der Waals surface area contributed by atoms with Gasteiger partial charge in [0.15, 0.2) is 0 Å². The summed E-state index contributed by atoms with van der Waals surface area (Å²) < 4.78 is 24.9. The van der Waals surface area contributed by atoms with Crippen molar-refractivity contribution in [3.8, 4) is 0 Å². The predicted molar refractivity (Wildman–Crippen MR) is 90.0 cm³/mol. The van der Waals surface area contributed by atoms with Gasteiger partial charge in [0.25, 0.3) is 0 Å². The van der Waals surface area contributed by atoms with E-state index in [1.54, 1.807) is 11.5 Å². The molecule has 0 aliphatic carbocycles. The lowest BCUT2D eigenvalue weighted by Gasteiger charge is -2.32. The van der Waals surface area contributed by atoms with Gasteiger partial charge in [-0.05, 0) is 45.9 Å². The maximum atomic E-state index is 6.13. The Balaban J connectivity index is 2.69. The smallest absolute Gasteiger partial charge is 0.403 e. The molecule has 0 N–H and O–H groups in total. The number of rotatable bonds is 9. The van der Waals surface area contributed by atoms with E-state index >= 15 is 0 Å². The Kier molecular flexibility index (Phi) is 7.63. The molecule has 1 rings (SSSR count). The van der Waals surface area contributed by atoms with Crippen molar-refractivity contribution in [2.24, 2.45) is 0 Å². The van der Waals surface area contributed by atoms with Crippen molar-refractivity contribution in [1.82, 2.24) is 4.42 Å². The normalized spacial score (nSPS) is 23.0. The Morgan fingerprint density at radius 3 is 2.18 bits per heavy atom. The van der Waals surface area contributed by atoms with E-state index in [0.717, 1.165) is 19.5 Å². The molecule has 130 valence electrons. The second kappa shape index (κ2) is 8.31. The van der Waals surface area contributed by atoms with Gasteiger partial charge in [-0.2, -0.15) is 0 Å². The largest absolute Gasteiger partial charge is 0.463 e. The zero-order valence-corrected chi connectivity index (χ0v) is 15.8. The molecule has 0 aromatic heterocycles. The summed E-state index contributed by atoms with van der Waals surface area (Å²) in [6.07, 6.45) is 0.758. The van der Waals surface area contributed by atoms with E-state index in [1.807, 2.05) is 6.92 Å². The van der Waals surface area contributed by atoms with Crippen LogP contribution in [-0.2, 0) is 18.8 Å². The van der Waals surface area contributed by atoms with Gasteiger partial charge in [0.1, 0.15) is 6.79 Å². The fourth-order valence-electron chi connectivity index (χ4n) is 2.36. The number of hydrogen-bond donors (Lipinski definition) is 0. The highest BCUT2D eigenvalue weighted by atomic mass is 35.5. The lowest BCUT2D eigenvalue weighted by molar-refractivity contribution is -0.0780. The van der Waals surface area contributed by atoms with Crippen LogP contribution in [0.1, 0.15) is 48.0 Å². The van der Waals surface area contributed by atoms with Gasteiger partial charge in [-0.15, -0.1) is 0 Å². The molecule has 0 bridgehead atoms. The van der Waals surface area contributed by atoms with Crippen LogP contribution in [0.25, 0.3) is 0 Å². The van der Waals surface area contributed by atoms with Crippen molar-refractivity contribution in [2.75, 3.05) is 27.0 Å². The van der Waals surface area contributed by atoms with Crippen LogP contribution in [0.3, 0.4) is 0 Å². The van der Waals surface area contributed by atoms with E-state index in [1.165, 1.54) is 0 Å².